The summed E-state index contributed by atoms with van der Waals surface area (Å²) in [6.07, 6.45) is 1.65. The molecule has 0 saturated heterocycles. The van der Waals surface area contributed by atoms with Gasteiger partial charge < -0.3 is 10.3 Å². The van der Waals surface area contributed by atoms with E-state index in [4.69, 9.17) is 34.8 Å². The predicted molar refractivity (Wildman–Crippen MR) is 77.9 cm³/mol. The number of H-pyrrole nitrogens is 1. The summed E-state index contributed by atoms with van der Waals surface area (Å²) < 4.78 is 0.779. The molecule has 1 aromatic carbocycles. The van der Waals surface area contributed by atoms with Gasteiger partial charge in [-0.25, -0.2) is 0 Å². The Balaban J connectivity index is 2.27. The van der Waals surface area contributed by atoms with Gasteiger partial charge >= 0.3 is 0 Å². The second kappa shape index (κ2) is 5.53. The first-order chi connectivity index (χ1) is 8.47. The summed E-state index contributed by atoms with van der Waals surface area (Å²) in [4.78, 5) is 14.7. The minimum atomic E-state index is -0.341. The van der Waals surface area contributed by atoms with Gasteiger partial charge in [0.25, 0.3) is 5.91 Å². The Morgan fingerprint density at radius 1 is 1.17 bits per heavy atom. The van der Waals surface area contributed by atoms with Crippen molar-refractivity contribution in [2.75, 3.05) is 5.32 Å². The normalized spacial score (nSPS) is 10.4. The van der Waals surface area contributed by atoms with Crippen molar-refractivity contribution in [3.63, 3.8) is 0 Å². The Kier molecular flexibility index (Phi) is 4.22. The maximum atomic E-state index is 11.9. The molecule has 0 radical (unpaired) electrons. The van der Waals surface area contributed by atoms with E-state index in [0.717, 1.165) is 4.47 Å². The topological polar surface area (TPSA) is 44.9 Å². The maximum absolute atomic E-state index is 11.9. The van der Waals surface area contributed by atoms with Gasteiger partial charge in [0.15, 0.2) is 0 Å². The third kappa shape index (κ3) is 3.01. The average molecular weight is 368 g/mol. The minimum Gasteiger partial charge on any atom is -0.356 e. The monoisotopic (exact) mass is 366 g/mol. The third-order valence-corrected chi connectivity index (χ3v) is 3.41. The average Bonchev–Trinajstić information content (AvgIpc) is 2.70. The van der Waals surface area contributed by atoms with Crippen molar-refractivity contribution in [2.45, 2.75) is 0 Å². The van der Waals surface area contributed by atoms with Crippen LogP contribution in [0.25, 0.3) is 0 Å². The number of halogens is 4. The van der Waals surface area contributed by atoms with Gasteiger partial charge in [0.2, 0.25) is 0 Å². The van der Waals surface area contributed by atoms with E-state index in [9.17, 15) is 4.79 Å². The molecule has 1 heterocycles. The molecule has 0 fully saturated rings. The highest BCUT2D eigenvalue weighted by molar-refractivity contribution is 9.10. The predicted octanol–water partition coefficient (Wildman–Crippen LogP) is 4.99. The van der Waals surface area contributed by atoms with Crippen molar-refractivity contribution >= 4 is 62.3 Å². The van der Waals surface area contributed by atoms with E-state index < -0.39 is 0 Å². The number of aromatic amines is 1. The lowest BCUT2D eigenvalue weighted by Crippen LogP contribution is -2.12. The van der Waals surface area contributed by atoms with Gasteiger partial charge in [0, 0.05) is 15.7 Å². The number of nitrogens with one attached hydrogen (secondary N) is 2. The molecule has 0 atom stereocenters. The minimum absolute atomic E-state index is 0.284. The fourth-order valence-electron chi connectivity index (χ4n) is 1.34. The van der Waals surface area contributed by atoms with Gasteiger partial charge in [-0.2, -0.15) is 0 Å². The van der Waals surface area contributed by atoms with Crippen LogP contribution < -0.4 is 5.32 Å². The number of carbonyl (C=O) groups excluding carboxylic acids is 1. The molecular weight excluding hydrogens is 362 g/mol. The molecule has 1 aromatic heterocycles. The number of benzene rings is 1. The zero-order valence-electron chi connectivity index (χ0n) is 8.73. The quantitative estimate of drug-likeness (QED) is 0.771. The molecule has 0 aliphatic rings. The van der Waals surface area contributed by atoms with E-state index >= 15 is 0 Å². The summed E-state index contributed by atoms with van der Waals surface area (Å²) in [5.74, 6) is -0.341. The number of rotatable bonds is 2. The van der Waals surface area contributed by atoms with Gasteiger partial charge in [0.1, 0.15) is 5.69 Å². The summed E-state index contributed by atoms with van der Waals surface area (Å²) in [5, 5.41) is 3.60. The van der Waals surface area contributed by atoms with E-state index in [1.165, 1.54) is 12.1 Å². The van der Waals surface area contributed by atoms with Crippen molar-refractivity contribution in [2.24, 2.45) is 0 Å². The van der Waals surface area contributed by atoms with Crippen LogP contribution in [0.15, 0.2) is 28.9 Å². The highest BCUT2D eigenvalue weighted by Gasteiger charge is 2.13. The van der Waals surface area contributed by atoms with Crippen LogP contribution >= 0.6 is 50.7 Å². The van der Waals surface area contributed by atoms with Gasteiger partial charge in [0.05, 0.1) is 15.7 Å². The second-order valence-corrected chi connectivity index (χ2v) is 5.60. The highest BCUT2D eigenvalue weighted by atomic mass is 79.9. The van der Waals surface area contributed by atoms with E-state index in [2.05, 4.69) is 26.2 Å². The Labute approximate surface area is 127 Å². The van der Waals surface area contributed by atoms with E-state index in [0.29, 0.717) is 16.4 Å². The van der Waals surface area contributed by atoms with E-state index in [1.807, 2.05) is 0 Å². The van der Waals surface area contributed by atoms with Crippen molar-refractivity contribution in [1.82, 2.24) is 4.98 Å². The molecule has 0 spiro atoms. The number of hydrogen-bond acceptors (Lipinski definition) is 1. The zero-order valence-corrected chi connectivity index (χ0v) is 12.6. The molecule has 2 aromatic rings. The molecule has 94 valence electrons. The molecule has 0 aliphatic carbocycles. The van der Waals surface area contributed by atoms with Crippen LogP contribution in [0.1, 0.15) is 10.5 Å². The number of carbonyl (C=O) groups is 1. The van der Waals surface area contributed by atoms with E-state index in [-0.39, 0.29) is 16.0 Å². The molecule has 0 saturated carbocycles. The summed E-state index contributed by atoms with van der Waals surface area (Å²) >= 11 is 21.0. The Morgan fingerprint density at radius 2 is 1.78 bits per heavy atom. The van der Waals surface area contributed by atoms with Crippen molar-refractivity contribution in [3.8, 4) is 0 Å². The van der Waals surface area contributed by atoms with Gasteiger partial charge in [-0.05, 0) is 34.1 Å². The lowest BCUT2D eigenvalue weighted by molar-refractivity contribution is 0.102. The molecule has 0 aliphatic heterocycles. The van der Waals surface area contributed by atoms with Crippen LogP contribution in [0, 0.1) is 0 Å². The molecular formula is C11H6BrCl3N2O. The zero-order chi connectivity index (χ0) is 13.3. The largest absolute Gasteiger partial charge is 0.356 e. The third-order valence-electron chi connectivity index (χ3n) is 2.14. The first kappa shape index (κ1) is 13.7. The van der Waals surface area contributed by atoms with Crippen LogP contribution in [0.2, 0.25) is 15.1 Å². The molecule has 2 N–H and O–H groups in total. The molecule has 18 heavy (non-hydrogen) atoms. The fourth-order valence-corrected chi connectivity index (χ4v) is 2.60. The number of aromatic nitrogens is 1. The van der Waals surface area contributed by atoms with Crippen LogP contribution in [-0.2, 0) is 0 Å². The van der Waals surface area contributed by atoms with Crippen LogP contribution in [0.4, 0.5) is 5.69 Å². The van der Waals surface area contributed by atoms with Gasteiger partial charge in [-0.3, -0.25) is 4.79 Å². The van der Waals surface area contributed by atoms with Crippen molar-refractivity contribution < 1.29 is 4.79 Å². The molecule has 3 nitrogen and oxygen atoms in total. The molecule has 7 heteroatoms. The lowest BCUT2D eigenvalue weighted by Gasteiger charge is -2.08. The van der Waals surface area contributed by atoms with Gasteiger partial charge in [-0.15, -0.1) is 0 Å². The summed E-state index contributed by atoms with van der Waals surface area (Å²) in [7, 11) is 0. The smallest absolute Gasteiger partial charge is 0.272 e. The standard InChI is InChI=1S/C11H6BrCl3N2O/c12-5-1-9(16-4-5)11(18)17-10-7(14)2-6(13)3-8(10)15/h1-4,16H,(H,17,18). The van der Waals surface area contributed by atoms with Crippen molar-refractivity contribution in [3.05, 3.63) is 49.6 Å². The first-order valence-electron chi connectivity index (χ1n) is 4.77. The summed E-state index contributed by atoms with van der Waals surface area (Å²) in [5.41, 5.74) is 0.724. The number of amides is 1. The summed E-state index contributed by atoms with van der Waals surface area (Å²) in [6.45, 7) is 0. The lowest BCUT2D eigenvalue weighted by atomic mass is 10.3. The number of hydrogen-bond donors (Lipinski definition) is 2. The molecule has 0 unspecified atom stereocenters. The van der Waals surface area contributed by atoms with Crippen molar-refractivity contribution in [1.29, 1.82) is 0 Å². The van der Waals surface area contributed by atoms with Crippen LogP contribution in [0.5, 0.6) is 0 Å². The van der Waals surface area contributed by atoms with E-state index in [1.54, 1.807) is 12.3 Å². The SMILES string of the molecule is O=C(Nc1c(Cl)cc(Cl)cc1Cl)c1cc(Br)c[nH]1. The van der Waals surface area contributed by atoms with Crippen LogP contribution in [-0.4, -0.2) is 10.9 Å². The van der Waals surface area contributed by atoms with Gasteiger partial charge in [-0.1, -0.05) is 34.8 Å². The Bertz CT molecular complexity index is 589. The number of anilines is 1. The molecule has 2 rings (SSSR count). The summed E-state index contributed by atoms with van der Waals surface area (Å²) in [6, 6.07) is 4.66. The molecule has 0 bridgehead atoms. The van der Waals surface area contributed by atoms with Crippen LogP contribution in [0.3, 0.4) is 0 Å². The fraction of sp³-hybridized carbons (Fsp3) is 0. The highest BCUT2D eigenvalue weighted by Crippen LogP contribution is 2.33. The Hall–Kier alpha value is -0.680. The Morgan fingerprint density at radius 3 is 2.28 bits per heavy atom. The molecule has 1 amide bonds. The second-order valence-electron chi connectivity index (χ2n) is 3.43. The first-order valence-corrected chi connectivity index (χ1v) is 6.70. The maximum Gasteiger partial charge on any atom is 0.272 e.